The molecule has 2 aliphatic rings. The molecule has 142 valence electrons. The molecule has 9 nitrogen and oxygen atoms in total. The number of fused-ring (bicyclic) bond motifs is 1. The van der Waals surface area contributed by atoms with E-state index in [-0.39, 0.29) is 30.5 Å². The van der Waals surface area contributed by atoms with Gasteiger partial charge in [0.15, 0.2) is 0 Å². The summed E-state index contributed by atoms with van der Waals surface area (Å²) in [7, 11) is 1.66. The molecule has 0 spiro atoms. The van der Waals surface area contributed by atoms with Crippen LogP contribution in [0.15, 0.2) is 36.7 Å². The summed E-state index contributed by atoms with van der Waals surface area (Å²) in [5.41, 5.74) is 1.03. The predicted octanol–water partition coefficient (Wildman–Crippen LogP) is -0.257. The summed E-state index contributed by atoms with van der Waals surface area (Å²) < 4.78 is 6.84. The molecule has 0 saturated carbocycles. The van der Waals surface area contributed by atoms with Crippen LogP contribution in [0.3, 0.4) is 0 Å². The lowest BCUT2D eigenvalue weighted by molar-refractivity contribution is -0.154. The predicted molar refractivity (Wildman–Crippen MR) is 94.4 cm³/mol. The molecule has 0 aliphatic carbocycles. The number of piperazine rings is 1. The fourth-order valence-electron chi connectivity index (χ4n) is 3.96. The molecule has 2 fully saturated rings. The van der Waals surface area contributed by atoms with E-state index in [4.69, 9.17) is 4.74 Å². The minimum Gasteiger partial charge on any atom is -0.380 e. The lowest BCUT2D eigenvalue weighted by atomic mass is 9.99. The minimum atomic E-state index is -0.525. The van der Waals surface area contributed by atoms with Gasteiger partial charge in [0, 0.05) is 26.6 Å². The van der Waals surface area contributed by atoms with Crippen molar-refractivity contribution in [3.8, 4) is 0 Å². The van der Waals surface area contributed by atoms with E-state index in [2.05, 4.69) is 15.5 Å². The number of carbonyl (C=O) groups is 2. The average Bonchev–Trinajstić information content (AvgIpc) is 3.34. The highest BCUT2D eigenvalue weighted by atomic mass is 16.5. The number of rotatable bonds is 5. The number of aromatic nitrogens is 4. The number of benzene rings is 1. The summed E-state index contributed by atoms with van der Waals surface area (Å²) in [6.45, 7) is 1.11. The molecule has 1 aromatic carbocycles. The Bertz CT molecular complexity index is 797. The first-order valence-electron chi connectivity index (χ1n) is 9.03. The van der Waals surface area contributed by atoms with Crippen molar-refractivity contribution in [3.05, 3.63) is 42.2 Å². The molecular formula is C18H22N6O3. The van der Waals surface area contributed by atoms with Crippen LogP contribution in [0, 0.1) is 0 Å². The third-order valence-electron chi connectivity index (χ3n) is 5.34. The third-order valence-corrected chi connectivity index (χ3v) is 5.34. The summed E-state index contributed by atoms with van der Waals surface area (Å²) in [5, 5.41) is 10.9. The van der Waals surface area contributed by atoms with Gasteiger partial charge in [-0.15, -0.1) is 5.10 Å². The van der Waals surface area contributed by atoms with E-state index >= 15 is 0 Å². The van der Waals surface area contributed by atoms with Crippen molar-refractivity contribution < 1.29 is 14.3 Å². The van der Waals surface area contributed by atoms with Gasteiger partial charge >= 0.3 is 0 Å². The van der Waals surface area contributed by atoms with E-state index in [1.54, 1.807) is 12.0 Å². The highest BCUT2D eigenvalue weighted by Crippen LogP contribution is 2.29. The molecule has 2 aliphatic heterocycles. The number of nitrogens with zero attached hydrogens (tertiary/aromatic N) is 6. The monoisotopic (exact) mass is 370 g/mol. The highest BCUT2D eigenvalue weighted by Gasteiger charge is 2.46. The molecule has 2 amide bonds. The van der Waals surface area contributed by atoms with Crippen molar-refractivity contribution in [2.75, 3.05) is 20.2 Å². The van der Waals surface area contributed by atoms with Crippen LogP contribution >= 0.6 is 0 Å². The largest absolute Gasteiger partial charge is 0.380 e. The maximum atomic E-state index is 13.2. The number of tetrazole rings is 1. The van der Waals surface area contributed by atoms with Crippen molar-refractivity contribution in [2.24, 2.45) is 0 Å². The normalized spacial score (nSPS) is 24.9. The van der Waals surface area contributed by atoms with E-state index in [1.807, 2.05) is 35.2 Å². The van der Waals surface area contributed by atoms with E-state index in [0.717, 1.165) is 12.0 Å². The lowest BCUT2D eigenvalue weighted by Crippen LogP contribution is -2.62. The standard InChI is InChI=1S/C18H22N6O3/c1-27-15-8-14-9-24(17(25)11-22-12-19-20-21-22)16(18(26)23(14)10-15)7-13-5-3-2-4-6-13/h2-6,12,14-16H,7-11H2,1H3/t14-,15-,16-/m0/s1. The number of hydrogen-bond acceptors (Lipinski definition) is 6. The Morgan fingerprint density at radius 3 is 2.78 bits per heavy atom. The zero-order valence-corrected chi connectivity index (χ0v) is 15.1. The summed E-state index contributed by atoms with van der Waals surface area (Å²) in [5.74, 6) is -0.170. The van der Waals surface area contributed by atoms with Gasteiger partial charge in [-0.2, -0.15) is 0 Å². The van der Waals surface area contributed by atoms with Gasteiger partial charge in [0.25, 0.3) is 0 Å². The Morgan fingerprint density at radius 2 is 2.07 bits per heavy atom. The summed E-state index contributed by atoms with van der Waals surface area (Å²) >= 11 is 0. The van der Waals surface area contributed by atoms with Gasteiger partial charge in [-0.05, 0) is 22.4 Å². The maximum absolute atomic E-state index is 13.2. The molecule has 4 rings (SSSR count). The van der Waals surface area contributed by atoms with Crippen LogP contribution in [0.25, 0.3) is 0 Å². The van der Waals surface area contributed by atoms with Gasteiger partial charge in [-0.3, -0.25) is 9.59 Å². The zero-order valence-electron chi connectivity index (χ0n) is 15.1. The fourth-order valence-corrected chi connectivity index (χ4v) is 3.96. The first kappa shape index (κ1) is 17.6. The summed E-state index contributed by atoms with van der Waals surface area (Å²) in [4.78, 5) is 29.7. The Morgan fingerprint density at radius 1 is 1.26 bits per heavy atom. The molecule has 3 heterocycles. The summed E-state index contributed by atoms with van der Waals surface area (Å²) in [6, 6.07) is 9.24. The van der Waals surface area contributed by atoms with Gasteiger partial charge in [0.2, 0.25) is 11.8 Å². The number of methoxy groups -OCH3 is 1. The smallest absolute Gasteiger partial charge is 0.246 e. The molecule has 3 atom stereocenters. The average molecular weight is 370 g/mol. The number of hydrogen-bond donors (Lipinski definition) is 0. The second-order valence-corrected chi connectivity index (χ2v) is 7.00. The second-order valence-electron chi connectivity index (χ2n) is 7.00. The van der Waals surface area contributed by atoms with Crippen molar-refractivity contribution >= 4 is 11.8 Å². The topological polar surface area (TPSA) is 93.5 Å². The zero-order chi connectivity index (χ0) is 18.8. The van der Waals surface area contributed by atoms with Gasteiger partial charge < -0.3 is 14.5 Å². The quantitative estimate of drug-likeness (QED) is 0.720. The SMILES string of the molecule is CO[C@H]1C[C@H]2CN(C(=O)Cn3cnnn3)[C@@H](Cc3ccccc3)C(=O)N2C1. The van der Waals surface area contributed by atoms with Crippen molar-refractivity contribution in [1.82, 2.24) is 30.0 Å². The Hall–Kier alpha value is -2.81. The highest BCUT2D eigenvalue weighted by molar-refractivity contribution is 5.89. The molecule has 1 aromatic heterocycles. The Kier molecular flexibility index (Phi) is 4.85. The molecule has 0 unspecified atom stereocenters. The van der Waals surface area contributed by atoms with E-state index < -0.39 is 6.04 Å². The van der Waals surface area contributed by atoms with Gasteiger partial charge in [-0.1, -0.05) is 30.3 Å². The molecule has 27 heavy (non-hydrogen) atoms. The third kappa shape index (κ3) is 3.55. The van der Waals surface area contributed by atoms with Gasteiger partial charge in [0.1, 0.15) is 18.9 Å². The van der Waals surface area contributed by atoms with Crippen LogP contribution in [0.5, 0.6) is 0 Å². The van der Waals surface area contributed by atoms with Crippen molar-refractivity contribution in [1.29, 1.82) is 0 Å². The van der Waals surface area contributed by atoms with E-state index in [9.17, 15) is 9.59 Å². The van der Waals surface area contributed by atoms with Crippen molar-refractivity contribution in [2.45, 2.75) is 37.6 Å². The van der Waals surface area contributed by atoms with Crippen molar-refractivity contribution in [3.63, 3.8) is 0 Å². The van der Waals surface area contributed by atoms with Gasteiger partial charge in [-0.25, -0.2) is 4.68 Å². The van der Waals surface area contributed by atoms with E-state index in [0.29, 0.717) is 19.5 Å². The molecule has 2 saturated heterocycles. The minimum absolute atomic E-state index is 0.00713. The molecule has 9 heteroatoms. The lowest BCUT2D eigenvalue weighted by Gasteiger charge is -2.42. The van der Waals surface area contributed by atoms with Crippen LogP contribution in [0.4, 0.5) is 0 Å². The van der Waals surface area contributed by atoms with Crippen LogP contribution in [0.1, 0.15) is 12.0 Å². The first-order chi connectivity index (χ1) is 13.2. The Labute approximate surface area is 156 Å². The first-order valence-corrected chi connectivity index (χ1v) is 9.03. The molecule has 0 N–H and O–H groups in total. The van der Waals surface area contributed by atoms with E-state index in [1.165, 1.54) is 11.0 Å². The fraction of sp³-hybridized carbons (Fsp3) is 0.500. The van der Waals surface area contributed by atoms with Gasteiger partial charge in [0.05, 0.1) is 12.1 Å². The second kappa shape index (κ2) is 7.43. The molecule has 0 bridgehead atoms. The number of carbonyl (C=O) groups excluding carboxylic acids is 2. The summed E-state index contributed by atoms with van der Waals surface area (Å²) in [6.07, 6.45) is 2.65. The molecular weight excluding hydrogens is 348 g/mol. The maximum Gasteiger partial charge on any atom is 0.246 e. The number of ether oxygens (including phenoxy) is 1. The Balaban J connectivity index is 1.58. The van der Waals surface area contributed by atoms with Crippen LogP contribution < -0.4 is 0 Å². The van der Waals surface area contributed by atoms with Crippen LogP contribution in [-0.2, 0) is 27.3 Å². The number of amides is 2. The molecule has 2 aromatic rings. The van der Waals surface area contributed by atoms with Crippen LogP contribution in [0.2, 0.25) is 0 Å². The van der Waals surface area contributed by atoms with Crippen LogP contribution in [-0.4, -0.2) is 80.2 Å². The molecule has 0 radical (unpaired) electrons.